The lowest BCUT2D eigenvalue weighted by molar-refractivity contribution is -0.205. The van der Waals surface area contributed by atoms with Crippen molar-refractivity contribution in [1.82, 2.24) is 10.6 Å². The van der Waals surface area contributed by atoms with E-state index in [4.69, 9.17) is 21.1 Å². The number of aliphatic hydroxyl groups excluding tert-OH is 3. The second-order valence-electron chi connectivity index (χ2n) is 9.29. The Hall–Kier alpha value is -0.890. The van der Waals surface area contributed by atoms with Crippen molar-refractivity contribution in [2.24, 2.45) is 5.92 Å². The van der Waals surface area contributed by atoms with Crippen LogP contribution in [0.1, 0.15) is 18.9 Å². The van der Waals surface area contributed by atoms with E-state index in [0.717, 1.165) is 12.0 Å². The predicted octanol–water partition coefficient (Wildman–Crippen LogP) is 1.96. The van der Waals surface area contributed by atoms with Crippen LogP contribution in [0.3, 0.4) is 0 Å². The molecule has 3 aliphatic rings. The molecular formula is C25H36ClFN2O6S2. The SMILES string of the molecule is CSC1O[C@H]([C@H](NC(=O)[C@H]2NC[C@@H]3CC(c4ccccc4)=CCO[C@H]32)[C@H](C)Cl)C(O)[C@@H](O)[C@H]1O.CSF. The van der Waals surface area contributed by atoms with Gasteiger partial charge in [-0.2, -0.15) is 3.89 Å². The molecule has 2 saturated heterocycles. The number of hydrogen-bond donors (Lipinski definition) is 5. The summed E-state index contributed by atoms with van der Waals surface area (Å²) in [5.74, 6) is -0.170. The highest BCUT2D eigenvalue weighted by Crippen LogP contribution is 2.33. The zero-order valence-corrected chi connectivity index (χ0v) is 23.4. The number of ether oxygens (including phenoxy) is 2. The summed E-state index contributed by atoms with van der Waals surface area (Å²) >= 11 is 7.87. The number of amides is 1. The van der Waals surface area contributed by atoms with Gasteiger partial charge in [-0.1, -0.05) is 36.4 Å². The number of nitrogens with one attached hydrogen (secondary N) is 2. The second kappa shape index (κ2) is 14.5. The van der Waals surface area contributed by atoms with Gasteiger partial charge in [-0.15, -0.1) is 23.4 Å². The molecule has 2 fully saturated rings. The van der Waals surface area contributed by atoms with Crippen LogP contribution in [0.2, 0.25) is 0 Å². The van der Waals surface area contributed by atoms with Crippen LogP contribution in [0.4, 0.5) is 3.89 Å². The number of alkyl halides is 1. The third kappa shape index (κ3) is 7.40. The first-order valence-electron chi connectivity index (χ1n) is 12.1. The summed E-state index contributed by atoms with van der Waals surface area (Å²) in [6.07, 6.45) is 0.632. The molecule has 3 heterocycles. The van der Waals surface area contributed by atoms with E-state index in [9.17, 15) is 24.0 Å². The number of aliphatic hydroxyl groups is 3. The van der Waals surface area contributed by atoms with Gasteiger partial charge in [-0.25, -0.2) is 0 Å². The molecule has 1 amide bonds. The molecule has 0 radical (unpaired) electrons. The van der Waals surface area contributed by atoms with Crippen molar-refractivity contribution in [3.8, 4) is 0 Å². The molecule has 0 bridgehead atoms. The van der Waals surface area contributed by atoms with Crippen LogP contribution in [0.15, 0.2) is 36.4 Å². The summed E-state index contributed by atoms with van der Waals surface area (Å²) in [6, 6.07) is 8.79. The number of thioether (sulfide) groups is 1. The Balaban J connectivity index is 0.00000121. The Morgan fingerprint density at radius 3 is 2.49 bits per heavy atom. The van der Waals surface area contributed by atoms with Gasteiger partial charge in [0.25, 0.3) is 0 Å². The van der Waals surface area contributed by atoms with Crippen LogP contribution in [0, 0.1) is 5.92 Å². The molecule has 2 unspecified atom stereocenters. The van der Waals surface area contributed by atoms with Crippen LogP contribution in [-0.4, -0.2) is 100 Å². The van der Waals surface area contributed by atoms with Crippen molar-refractivity contribution in [2.75, 3.05) is 25.7 Å². The van der Waals surface area contributed by atoms with Gasteiger partial charge in [0, 0.05) is 30.9 Å². The molecule has 208 valence electrons. The van der Waals surface area contributed by atoms with Gasteiger partial charge in [0.15, 0.2) is 0 Å². The van der Waals surface area contributed by atoms with Crippen molar-refractivity contribution in [3.63, 3.8) is 0 Å². The maximum absolute atomic E-state index is 13.3. The van der Waals surface area contributed by atoms with E-state index in [2.05, 4.69) is 28.8 Å². The first-order chi connectivity index (χ1) is 17.7. The van der Waals surface area contributed by atoms with Crippen LogP contribution in [0.25, 0.3) is 5.57 Å². The number of allylic oxidation sites excluding steroid dienone is 1. The molecule has 3 aliphatic heterocycles. The quantitative estimate of drug-likeness (QED) is 0.323. The van der Waals surface area contributed by atoms with E-state index in [-0.39, 0.29) is 30.1 Å². The molecule has 0 aromatic heterocycles. The third-order valence-electron chi connectivity index (χ3n) is 6.92. The van der Waals surface area contributed by atoms with Gasteiger partial charge in [0.05, 0.1) is 24.1 Å². The number of rotatable bonds is 6. The van der Waals surface area contributed by atoms with Crippen LogP contribution < -0.4 is 10.6 Å². The van der Waals surface area contributed by atoms with Crippen molar-refractivity contribution in [2.45, 2.75) is 66.8 Å². The van der Waals surface area contributed by atoms with Crippen LogP contribution in [-0.2, 0) is 14.3 Å². The minimum Gasteiger partial charge on any atom is -0.388 e. The lowest BCUT2D eigenvalue weighted by atomic mass is 9.90. The number of carbonyl (C=O) groups is 1. The van der Waals surface area contributed by atoms with E-state index in [1.807, 2.05) is 18.2 Å². The Labute approximate surface area is 231 Å². The largest absolute Gasteiger partial charge is 0.388 e. The highest BCUT2D eigenvalue weighted by atomic mass is 35.5. The standard InChI is InChI=1S/C24H33ClN2O6S.CH3FS/c1-12(25)16(22-19(29)18(28)20(30)24(33-22)34-2)27-23(31)17-21-15(11-26-17)10-14(8-9-32-21)13-6-4-3-5-7-13;1-3-2/h3-8,12,15-22,24,26,28-30H,9-11H2,1-2H3,(H,27,31);1H3/t12-,15-,16+,17-,18+,19?,20+,21+,22+,24?;/m0./s1. The number of fused-ring (bicyclic) bond motifs is 1. The van der Waals surface area contributed by atoms with E-state index in [0.29, 0.717) is 13.2 Å². The number of benzene rings is 1. The molecular weight excluding hydrogens is 543 g/mol. The molecule has 12 heteroatoms. The minimum absolute atomic E-state index is 0.131. The molecule has 0 saturated carbocycles. The zero-order chi connectivity index (χ0) is 27.1. The molecule has 5 N–H and O–H groups in total. The van der Waals surface area contributed by atoms with Gasteiger partial charge in [0.2, 0.25) is 5.91 Å². The van der Waals surface area contributed by atoms with E-state index in [1.54, 1.807) is 13.2 Å². The summed E-state index contributed by atoms with van der Waals surface area (Å²) in [7, 11) is 0. The zero-order valence-electron chi connectivity index (χ0n) is 21.0. The highest BCUT2D eigenvalue weighted by Gasteiger charge is 2.49. The van der Waals surface area contributed by atoms with E-state index in [1.165, 1.54) is 23.6 Å². The van der Waals surface area contributed by atoms with Crippen molar-refractivity contribution < 1.29 is 33.5 Å². The Kier molecular flexibility index (Phi) is 12.0. The first-order valence-corrected chi connectivity index (χ1v) is 15.0. The highest BCUT2D eigenvalue weighted by molar-refractivity contribution is 7.99. The fraction of sp³-hybridized carbons (Fsp3) is 0.640. The van der Waals surface area contributed by atoms with Gasteiger partial charge >= 0.3 is 0 Å². The maximum atomic E-state index is 13.3. The van der Waals surface area contributed by atoms with Crippen molar-refractivity contribution in [1.29, 1.82) is 0 Å². The lowest BCUT2D eigenvalue weighted by Crippen LogP contribution is -2.65. The second-order valence-corrected chi connectivity index (χ2v) is 11.2. The van der Waals surface area contributed by atoms with Crippen molar-refractivity contribution >= 4 is 47.0 Å². The summed E-state index contributed by atoms with van der Waals surface area (Å²) in [5.41, 5.74) is 1.61. The monoisotopic (exact) mass is 578 g/mol. The number of hydrogen-bond acceptors (Lipinski definition) is 9. The summed E-state index contributed by atoms with van der Waals surface area (Å²) in [5, 5.41) is 36.6. The minimum atomic E-state index is -1.41. The first kappa shape index (κ1) is 30.6. The molecule has 8 nitrogen and oxygen atoms in total. The fourth-order valence-corrected chi connectivity index (χ4v) is 5.92. The summed E-state index contributed by atoms with van der Waals surface area (Å²) in [4.78, 5) is 13.3. The summed E-state index contributed by atoms with van der Waals surface area (Å²) in [6.45, 7) is 2.74. The van der Waals surface area contributed by atoms with Gasteiger partial charge in [0.1, 0.15) is 35.9 Å². The predicted molar refractivity (Wildman–Crippen MR) is 146 cm³/mol. The Morgan fingerprint density at radius 1 is 1.19 bits per heavy atom. The van der Waals surface area contributed by atoms with Gasteiger partial charge in [-0.05, 0) is 30.7 Å². The van der Waals surface area contributed by atoms with Crippen LogP contribution >= 0.6 is 35.5 Å². The Bertz CT molecular complexity index is 899. The molecule has 1 aromatic rings. The fourth-order valence-electron chi connectivity index (χ4n) is 5.04. The molecule has 0 aliphatic carbocycles. The third-order valence-corrected chi connectivity index (χ3v) is 8.04. The molecule has 37 heavy (non-hydrogen) atoms. The molecule has 1 aromatic carbocycles. The van der Waals surface area contributed by atoms with Gasteiger partial charge in [-0.3, -0.25) is 4.79 Å². The summed E-state index contributed by atoms with van der Waals surface area (Å²) < 4.78 is 22.2. The lowest BCUT2D eigenvalue weighted by Gasteiger charge is -2.44. The van der Waals surface area contributed by atoms with E-state index >= 15 is 0 Å². The normalized spacial score (nSPS) is 35.2. The van der Waals surface area contributed by atoms with Crippen LogP contribution in [0.5, 0.6) is 0 Å². The average molecular weight is 579 g/mol. The Morgan fingerprint density at radius 2 is 1.86 bits per heavy atom. The smallest absolute Gasteiger partial charge is 0.240 e. The van der Waals surface area contributed by atoms with Gasteiger partial charge < -0.3 is 35.4 Å². The topological polar surface area (TPSA) is 120 Å². The number of carbonyl (C=O) groups excluding carboxylic acids is 1. The van der Waals surface area contributed by atoms with E-state index < -0.39 is 47.3 Å². The molecule has 10 atom stereocenters. The van der Waals surface area contributed by atoms with Crippen molar-refractivity contribution in [3.05, 3.63) is 42.0 Å². The molecule has 4 rings (SSSR count). The molecule has 0 spiro atoms. The number of halogens is 2. The average Bonchev–Trinajstić information content (AvgIpc) is 3.17. The maximum Gasteiger partial charge on any atom is 0.240 e.